The summed E-state index contributed by atoms with van der Waals surface area (Å²) in [4.78, 5) is 24.6. The molecule has 0 bridgehead atoms. The molecule has 0 unspecified atom stereocenters. The summed E-state index contributed by atoms with van der Waals surface area (Å²) in [7, 11) is 0. The second kappa shape index (κ2) is 7.16. The molecule has 3 N–H and O–H groups in total. The summed E-state index contributed by atoms with van der Waals surface area (Å²) in [5.74, 6) is -0.387. The minimum atomic E-state index is -0.214. The van der Waals surface area contributed by atoms with Crippen molar-refractivity contribution < 1.29 is 9.59 Å². The molecule has 0 saturated carbocycles. The van der Waals surface area contributed by atoms with Crippen LogP contribution in [-0.4, -0.2) is 40.8 Å². The van der Waals surface area contributed by atoms with E-state index in [0.29, 0.717) is 6.54 Å². The molecule has 0 heterocycles. The normalized spacial score (nSPS) is 10.0. The zero-order valence-electron chi connectivity index (χ0n) is 9.95. The fraction of sp³-hybridized carbons (Fsp3) is 0.700. The number of thiocarbonyl (C=S) groups is 1. The van der Waals surface area contributed by atoms with Crippen LogP contribution < -0.4 is 11.1 Å². The van der Waals surface area contributed by atoms with Crippen LogP contribution in [0.15, 0.2) is 0 Å². The molecule has 0 aromatic heterocycles. The second-order valence-electron chi connectivity index (χ2n) is 3.77. The standard InChI is InChI=1S/C10H19N3O2S/c1-4-13(10(15)5-8(11)16)6-9(14)12-7(2)3/h7H,4-6H2,1-3H3,(H2,11,16)(H,12,14). The Morgan fingerprint density at radius 3 is 2.38 bits per heavy atom. The van der Waals surface area contributed by atoms with Gasteiger partial charge in [0.1, 0.15) is 0 Å². The maximum Gasteiger partial charge on any atom is 0.239 e. The highest BCUT2D eigenvalue weighted by molar-refractivity contribution is 7.80. The lowest BCUT2D eigenvalue weighted by Crippen LogP contribution is -2.43. The molecule has 16 heavy (non-hydrogen) atoms. The topological polar surface area (TPSA) is 75.4 Å². The van der Waals surface area contributed by atoms with Gasteiger partial charge in [0.2, 0.25) is 11.8 Å². The van der Waals surface area contributed by atoms with Gasteiger partial charge in [-0.1, -0.05) is 12.2 Å². The van der Waals surface area contributed by atoms with Gasteiger partial charge < -0.3 is 16.0 Å². The third-order valence-electron chi connectivity index (χ3n) is 1.84. The van der Waals surface area contributed by atoms with Crippen molar-refractivity contribution in [3.63, 3.8) is 0 Å². The Hall–Kier alpha value is -1.17. The number of likely N-dealkylation sites (N-methyl/N-ethyl adjacent to an activating group) is 1. The summed E-state index contributed by atoms with van der Waals surface area (Å²) in [6.07, 6.45) is 0.0120. The van der Waals surface area contributed by atoms with Crippen LogP contribution in [-0.2, 0) is 9.59 Å². The first-order chi connectivity index (χ1) is 7.36. The van der Waals surface area contributed by atoms with Gasteiger partial charge in [-0.15, -0.1) is 0 Å². The van der Waals surface area contributed by atoms with Crippen LogP contribution in [0.25, 0.3) is 0 Å². The minimum absolute atomic E-state index is 0.0120. The average Bonchev–Trinajstić information content (AvgIpc) is 2.11. The summed E-state index contributed by atoms with van der Waals surface area (Å²) in [5, 5.41) is 2.72. The van der Waals surface area contributed by atoms with E-state index in [9.17, 15) is 9.59 Å². The van der Waals surface area contributed by atoms with E-state index < -0.39 is 0 Å². The van der Waals surface area contributed by atoms with Crippen molar-refractivity contribution in [2.24, 2.45) is 5.73 Å². The van der Waals surface area contributed by atoms with Crippen molar-refractivity contribution >= 4 is 29.0 Å². The van der Waals surface area contributed by atoms with Crippen LogP contribution in [0.2, 0.25) is 0 Å². The van der Waals surface area contributed by atoms with E-state index in [-0.39, 0.29) is 35.8 Å². The van der Waals surface area contributed by atoms with Gasteiger partial charge in [-0.2, -0.15) is 0 Å². The molecule has 0 aliphatic heterocycles. The minimum Gasteiger partial charge on any atom is -0.393 e. The molecule has 0 aromatic carbocycles. The van der Waals surface area contributed by atoms with E-state index >= 15 is 0 Å². The lowest BCUT2D eigenvalue weighted by Gasteiger charge is -2.20. The lowest BCUT2D eigenvalue weighted by molar-refractivity contribution is -0.135. The van der Waals surface area contributed by atoms with Crippen LogP contribution in [0.5, 0.6) is 0 Å². The van der Waals surface area contributed by atoms with Gasteiger partial charge >= 0.3 is 0 Å². The predicted octanol–water partition coefficient (Wildman–Crippen LogP) is 0.0357. The van der Waals surface area contributed by atoms with Crippen LogP contribution in [0, 0.1) is 0 Å². The molecule has 0 aromatic rings. The predicted molar refractivity (Wildman–Crippen MR) is 66.9 cm³/mol. The largest absolute Gasteiger partial charge is 0.393 e. The van der Waals surface area contributed by atoms with Crippen LogP contribution in [0.4, 0.5) is 0 Å². The van der Waals surface area contributed by atoms with Crippen molar-refractivity contribution in [1.82, 2.24) is 10.2 Å². The van der Waals surface area contributed by atoms with Gasteiger partial charge in [0.15, 0.2) is 0 Å². The fourth-order valence-electron chi connectivity index (χ4n) is 1.18. The second-order valence-corrected chi connectivity index (χ2v) is 4.30. The number of nitrogens with zero attached hydrogens (tertiary/aromatic N) is 1. The fourth-order valence-corrected chi connectivity index (χ4v) is 1.30. The Labute approximate surface area is 101 Å². The molecule has 0 atom stereocenters. The molecule has 0 radical (unpaired) electrons. The van der Waals surface area contributed by atoms with Gasteiger partial charge in [0.05, 0.1) is 18.0 Å². The molecule has 5 nitrogen and oxygen atoms in total. The number of carbonyl (C=O) groups excluding carboxylic acids is 2. The first kappa shape index (κ1) is 14.8. The van der Waals surface area contributed by atoms with Gasteiger partial charge in [-0.3, -0.25) is 9.59 Å². The summed E-state index contributed by atoms with van der Waals surface area (Å²) in [6.45, 7) is 6.05. The maximum absolute atomic E-state index is 11.6. The summed E-state index contributed by atoms with van der Waals surface area (Å²) < 4.78 is 0. The summed E-state index contributed by atoms with van der Waals surface area (Å²) >= 11 is 4.65. The van der Waals surface area contributed by atoms with E-state index in [2.05, 4.69) is 17.5 Å². The zero-order chi connectivity index (χ0) is 12.7. The van der Waals surface area contributed by atoms with Gasteiger partial charge in [0, 0.05) is 12.6 Å². The maximum atomic E-state index is 11.6. The molecule has 6 heteroatoms. The molecule has 0 spiro atoms. The van der Waals surface area contributed by atoms with Gasteiger partial charge in [-0.05, 0) is 20.8 Å². The van der Waals surface area contributed by atoms with E-state index in [0.717, 1.165) is 0 Å². The highest BCUT2D eigenvalue weighted by atomic mass is 32.1. The lowest BCUT2D eigenvalue weighted by atomic mass is 10.3. The van der Waals surface area contributed by atoms with Crippen molar-refractivity contribution in [2.45, 2.75) is 33.2 Å². The quantitative estimate of drug-likeness (QED) is 0.648. The monoisotopic (exact) mass is 245 g/mol. The third kappa shape index (κ3) is 6.34. The summed E-state index contributed by atoms with van der Waals surface area (Å²) in [6, 6.07) is 0.0666. The number of nitrogens with one attached hydrogen (secondary N) is 1. The van der Waals surface area contributed by atoms with E-state index in [4.69, 9.17) is 5.73 Å². The highest BCUT2D eigenvalue weighted by Crippen LogP contribution is 1.95. The molecule has 92 valence electrons. The SMILES string of the molecule is CCN(CC(=O)NC(C)C)C(=O)CC(N)=S. The van der Waals surface area contributed by atoms with Crippen LogP contribution in [0.3, 0.4) is 0 Å². The van der Waals surface area contributed by atoms with Crippen molar-refractivity contribution in [2.75, 3.05) is 13.1 Å². The molecule has 0 fully saturated rings. The van der Waals surface area contributed by atoms with Crippen molar-refractivity contribution in [1.29, 1.82) is 0 Å². The molecular formula is C10H19N3O2S. The van der Waals surface area contributed by atoms with E-state index in [1.165, 1.54) is 4.90 Å². The first-order valence-corrected chi connectivity index (χ1v) is 5.63. The highest BCUT2D eigenvalue weighted by Gasteiger charge is 2.16. The smallest absolute Gasteiger partial charge is 0.239 e. The number of hydrogen-bond donors (Lipinski definition) is 2. The molecular weight excluding hydrogens is 226 g/mol. The van der Waals surface area contributed by atoms with Crippen molar-refractivity contribution in [3.05, 3.63) is 0 Å². The van der Waals surface area contributed by atoms with Crippen molar-refractivity contribution in [3.8, 4) is 0 Å². The Bertz CT molecular complexity index is 279. The van der Waals surface area contributed by atoms with E-state index in [1.807, 2.05) is 13.8 Å². The third-order valence-corrected chi connectivity index (χ3v) is 1.99. The average molecular weight is 245 g/mol. The zero-order valence-corrected chi connectivity index (χ0v) is 10.8. The van der Waals surface area contributed by atoms with Gasteiger partial charge in [0.25, 0.3) is 0 Å². The Morgan fingerprint density at radius 1 is 1.44 bits per heavy atom. The first-order valence-electron chi connectivity index (χ1n) is 5.22. The molecule has 0 aliphatic carbocycles. The van der Waals surface area contributed by atoms with Crippen LogP contribution >= 0.6 is 12.2 Å². The summed E-state index contributed by atoms with van der Waals surface area (Å²) in [5.41, 5.74) is 5.28. The Morgan fingerprint density at radius 2 is 2.00 bits per heavy atom. The molecule has 0 aliphatic rings. The molecule has 0 saturated heterocycles. The number of carbonyl (C=O) groups is 2. The van der Waals surface area contributed by atoms with Crippen LogP contribution in [0.1, 0.15) is 27.2 Å². The number of rotatable bonds is 6. The molecule has 0 rings (SSSR count). The number of amides is 2. The van der Waals surface area contributed by atoms with Gasteiger partial charge in [-0.25, -0.2) is 0 Å². The van der Waals surface area contributed by atoms with E-state index in [1.54, 1.807) is 6.92 Å². The number of hydrogen-bond acceptors (Lipinski definition) is 3. The Balaban J connectivity index is 4.23. The number of nitrogens with two attached hydrogens (primary N) is 1. The Kier molecular flexibility index (Phi) is 6.64. The molecule has 2 amide bonds.